The SMILES string of the molecule is C[C@H](c1nc2ccccc2s1)N(C)C(=O)COC(=O)c1ccc(C#N)cc1. The van der Waals surface area contributed by atoms with Gasteiger partial charge in [-0.25, -0.2) is 9.78 Å². The molecule has 0 saturated carbocycles. The van der Waals surface area contributed by atoms with Crippen molar-refractivity contribution in [1.82, 2.24) is 9.88 Å². The molecular formula is C20H17N3O3S. The van der Waals surface area contributed by atoms with E-state index in [1.165, 1.54) is 40.5 Å². The van der Waals surface area contributed by atoms with E-state index in [-0.39, 0.29) is 18.6 Å². The van der Waals surface area contributed by atoms with Crippen LogP contribution in [0.2, 0.25) is 0 Å². The Morgan fingerprint density at radius 1 is 1.22 bits per heavy atom. The lowest BCUT2D eigenvalue weighted by atomic mass is 10.1. The van der Waals surface area contributed by atoms with Crippen LogP contribution in [0.4, 0.5) is 0 Å². The Labute approximate surface area is 160 Å². The molecule has 27 heavy (non-hydrogen) atoms. The van der Waals surface area contributed by atoms with Crippen LogP contribution in [0.15, 0.2) is 48.5 Å². The first-order valence-corrected chi connectivity index (χ1v) is 9.09. The Kier molecular flexibility index (Phi) is 5.48. The first-order chi connectivity index (χ1) is 13.0. The molecule has 0 bridgehead atoms. The van der Waals surface area contributed by atoms with E-state index in [2.05, 4.69) is 4.98 Å². The molecule has 0 saturated heterocycles. The molecule has 0 unspecified atom stereocenters. The van der Waals surface area contributed by atoms with Gasteiger partial charge in [0.1, 0.15) is 5.01 Å². The van der Waals surface area contributed by atoms with Crippen LogP contribution in [-0.2, 0) is 9.53 Å². The summed E-state index contributed by atoms with van der Waals surface area (Å²) in [6, 6.07) is 15.6. The summed E-state index contributed by atoms with van der Waals surface area (Å²) in [5.74, 6) is -0.919. The molecule has 1 amide bonds. The largest absolute Gasteiger partial charge is 0.452 e. The van der Waals surface area contributed by atoms with Crippen LogP contribution < -0.4 is 0 Å². The number of para-hydroxylation sites is 1. The van der Waals surface area contributed by atoms with Crippen molar-refractivity contribution >= 4 is 33.4 Å². The molecule has 2 aromatic carbocycles. The first kappa shape index (κ1) is 18.5. The molecule has 3 rings (SSSR count). The van der Waals surface area contributed by atoms with Crippen molar-refractivity contribution in [3.05, 3.63) is 64.7 Å². The molecule has 0 aliphatic heterocycles. The van der Waals surface area contributed by atoms with Crippen LogP contribution in [0, 0.1) is 11.3 Å². The Bertz CT molecular complexity index is 988. The second-order valence-electron chi connectivity index (χ2n) is 5.97. The maximum Gasteiger partial charge on any atom is 0.338 e. The number of amides is 1. The third-order valence-corrected chi connectivity index (χ3v) is 5.43. The number of rotatable bonds is 5. The van der Waals surface area contributed by atoms with Gasteiger partial charge in [0, 0.05) is 7.05 Å². The zero-order valence-electron chi connectivity index (χ0n) is 14.9. The minimum absolute atomic E-state index is 0.233. The normalized spacial score (nSPS) is 11.6. The predicted octanol–water partition coefficient (Wildman–Crippen LogP) is 3.54. The number of carbonyl (C=O) groups excluding carboxylic acids is 2. The molecular weight excluding hydrogens is 362 g/mol. The van der Waals surface area contributed by atoms with Crippen LogP contribution in [-0.4, -0.2) is 35.4 Å². The van der Waals surface area contributed by atoms with Crippen molar-refractivity contribution in [2.45, 2.75) is 13.0 Å². The summed E-state index contributed by atoms with van der Waals surface area (Å²) in [5, 5.41) is 9.60. The van der Waals surface area contributed by atoms with Gasteiger partial charge in [-0.3, -0.25) is 4.79 Å². The average molecular weight is 379 g/mol. The smallest absolute Gasteiger partial charge is 0.338 e. The second kappa shape index (κ2) is 7.98. The van der Waals surface area contributed by atoms with E-state index in [9.17, 15) is 9.59 Å². The van der Waals surface area contributed by atoms with Crippen LogP contribution in [0.5, 0.6) is 0 Å². The highest BCUT2D eigenvalue weighted by Crippen LogP contribution is 2.28. The van der Waals surface area contributed by atoms with Crippen LogP contribution in [0.1, 0.15) is 33.9 Å². The van der Waals surface area contributed by atoms with E-state index in [1.54, 1.807) is 7.05 Å². The van der Waals surface area contributed by atoms with Crippen LogP contribution in [0.25, 0.3) is 10.2 Å². The number of fused-ring (bicyclic) bond motifs is 1. The first-order valence-electron chi connectivity index (χ1n) is 8.28. The number of hydrogen-bond donors (Lipinski definition) is 0. The molecule has 1 aromatic heterocycles. The lowest BCUT2D eigenvalue weighted by Crippen LogP contribution is -2.33. The molecule has 0 spiro atoms. The molecule has 0 aliphatic carbocycles. The predicted molar refractivity (Wildman–Crippen MR) is 102 cm³/mol. The molecule has 136 valence electrons. The van der Waals surface area contributed by atoms with Crippen LogP contribution >= 0.6 is 11.3 Å². The van der Waals surface area contributed by atoms with Gasteiger partial charge in [-0.1, -0.05) is 12.1 Å². The number of aromatic nitrogens is 1. The zero-order chi connectivity index (χ0) is 19.4. The second-order valence-corrected chi connectivity index (χ2v) is 7.03. The molecule has 0 fully saturated rings. The van der Waals surface area contributed by atoms with E-state index < -0.39 is 5.97 Å². The van der Waals surface area contributed by atoms with Gasteiger partial charge in [0.2, 0.25) is 0 Å². The number of ether oxygens (including phenoxy) is 1. The maximum absolute atomic E-state index is 12.4. The fraction of sp³-hybridized carbons (Fsp3) is 0.200. The summed E-state index contributed by atoms with van der Waals surface area (Å²) in [6.07, 6.45) is 0. The summed E-state index contributed by atoms with van der Waals surface area (Å²) < 4.78 is 6.16. The highest BCUT2D eigenvalue weighted by atomic mass is 32.1. The van der Waals surface area contributed by atoms with Gasteiger partial charge >= 0.3 is 5.97 Å². The topological polar surface area (TPSA) is 83.3 Å². The third kappa shape index (κ3) is 4.13. The molecule has 7 heteroatoms. The lowest BCUT2D eigenvalue weighted by molar-refractivity contribution is -0.135. The fourth-order valence-corrected chi connectivity index (χ4v) is 3.51. The van der Waals surface area contributed by atoms with Gasteiger partial charge in [0.05, 0.1) is 33.5 Å². The van der Waals surface area contributed by atoms with Gasteiger partial charge in [0.25, 0.3) is 5.91 Å². The molecule has 1 atom stereocenters. The number of benzene rings is 2. The minimum atomic E-state index is -0.603. The average Bonchev–Trinajstić information content (AvgIpc) is 3.15. The number of nitrogens with zero attached hydrogens (tertiary/aromatic N) is 3. The number of nitriles is 1. The summed E-state index contributed by atoms with van der Waals surface area (Å²) >= 11 is 1.54. The Balaban J connectivity index is 1.61. The molecule has 0 aliphatic rings. The van der Waals surface area contributed by atoms with Gasteiger partial charge in [0.15, 0.2) is 6.61 Å². The van der Waals surface area contributed by atoms with Gasteiger partial charge < -0.3 is 9.64 Å². The molecule has 0 radical (unpaired) electrons. The van der Waals surface area contributed by atoms with Crippen molar-refractivity contribution in [3.63, 3.8) is 0 Å². The number of esters is 1. The fourth-order valence-electron chi connectivity index (χ4n) is 2.44. The molecule has 0 N–H and O–H groups in total. The number of hydrogen-bond acceptors (Lipinski definition) is 6. The Morgan fingerprint density at radius 2 is 1.93 bits per heavy atom. The lowest BCUT2D eigenvalue weighted by Gasteiger charge is -2.23. The maximum atomic E-state index is 12.4. The number of likely N-dealkylation sites (N-methyl/N-ethyl adjacent to an activating group) is 1. The molecule has 3 aromatic rings. The van der Waals surface area contributed by atoms with Gasteiger partial charge in [-0.2, -0.15) is 5.26 Å². The quantitative estimate of drug-likeness (QED) is 0.633. The van der Waals surface area contributed by atoms with Crippen molar-refractivity contribution in [2.75, 3.05) is 13.7 Å². The van der Waals surface area contributed by atoms with Crippen molar-refractivity contribution in [1.29, 1.82) is 5.26 Å². The van der Waals surface area contributed by atoms with E-state index in [1.807, 2.05) is 37.3 Å². The van der Waals surface area contributed by atoms with E-state index in [0.717, 1.165) is 15.2 Å². The van der Waals surface area contributed by atoms with E-state index in [4.69, 9.17) is 10.00 Å². The number of thiazole rings is 1. The Hall–Kier alpha value is -3.24. The van der Waals surface area contributed by atoms with Gasteiger partial charge in [-0.15, -0.1) is 11.3 Å². The number of carbonyl (C=O) groups is 2. The summed E-state index contributed by atoms with van der Waals surface area (Å²) in [4.78, 5) is 30.5. The summed E-state index contributed by atoms with van der Waals surface area (Å²) in [5.41, 5.74) is 1.65. The molecule has 6 nitrogen and oxygen atoms in total. The third-order valence-electron chi connectivity index (χ3n) is 4.22. The van der Waals surface area contributed by atoms with Crippen LogP contribution in [0.3, 0.4) is 0 Å². The zero-order valence-corrected chi connectivity index (χ0v) is 15.7. The monoisotopic (exact) mass is 379 g/mol. The highest BCUT2D eigenvalue weighted by molar-refractivity contribution is 7.18. The summed E-state index contributed by atoms with van der Waals surface area (Å²) in [7, 11) is 1.66. The highest BCUT2D eigenvalue weighted by Gasteiger charge is 2.22. The Morgan fingerprint density at radius 3 is 2.59 bits per heavy atom. The van der Waals surface area contributed by atoms with Crippen molar-refractivity contribution < 1.29 is 14.3 Å². The molecule has 1 heterocycles. The standard InChI is InChI=1S/C20H17N3O3S/c1-13(19-22-16-5-3-4-6-17(16)27-19)23(2)18(24)12-26-20(25)15-9-7-14(11-21)8-10-15/h3-10,13H,12H2,1-2H3/t13-/m1/s1. The van der Waals surface area contributed by atoms with Crippen molar-refractivity contribution in [2.24, 2.45) is 0 Å². The summed E-state index contributed by atoms with van der Waals surface area (Å²) in [6.45, 7) is 1.53. The van der Waals surface area contributed by atoms with Crippen molar-refractivity contribution in [3.8, 4) is 6.07 Å². The minimum Gasteiger partial charge on any atom is -0.452 e. The van der Waals surface area contributed by atoms with Gasteiger partial charge in [-0.05, 0) is 43.3 Å². The van der Waals surface area contributed by atoms with E-state index >= 15 is 0 Å². The van der Waals surface area contributed by atoms with E-state index in [0.29, 0.717) is 11.1 Å².